The number of rotatable bonds is 9. The fourth-order valence-electron chi connectivity index (χ4n) is 10.5. The largest absolute Gasteiger partial charge is 0.265 e. The van der Waals surface area contributed by atoms with Crippen molar-refractivity contribution in [2.75, 3.05) is 0 Å². The van der Waals surface area contributed by atoms with E-state index in [1.54, 1.807) is 0 Å². The average molecular weight is 864 g/mol. The van der Waals surface area contributed by atoms with Gasteiger partial charge in [-0.05, 0) is 146 Å². The maximum atomic E-state index is 4.29. The first-order valence-corrected chi connectivity index (χ1v) is 23.4. The zero-order valence-electron chi connectivity index (χ0n) is 37.4. The molecule has 1 heteroatoms. The maximum absolute atomic E-state index is 4.29. The van der Waals surface area contributed by atoms with Crippen LogP contribution in [-0.4, -0.2) is 4.98 Å². The maximum Gasteiger partial charge on any atom is 0.0273 e. The van der Waals surface area contributed by atoms with Crippen molar-refractivity contribution in [1.82, 2.24) is 4.98 Å². The van der Waals surface area contributed by atoms with Crippen LogP contribution in [0.1, 0.15) is 0 Å². The van der Waals surface area contributed by atoms with E-state index in [-0.39, 0.29) is 0 Å². The molecule has 1 heterocycles. The van der Waals surface area contributed by atoms with Gasteiger partial charge in [0.15, 0.2) is 0 Å². The smallest absolute Gasteiger partial charge is 0.0273 e. The molecule has 1 aromatic heterocycles. The molecule has 11 aromatic carbocycles. The van der Waals surface area contributed by atoms with E-state index >= 15 is 0 Å². The van der Waals surface area contributed by atoms with E-state index < -0.39 is 0 Å². The Balaban J connectivity index is 1.21. The van der Waals surface area contributed by atoms with Gasteiger partial charge < -0.3 is 0 Å². The van der Waals surface area contributed by atoms with Gasteiger partial charge in [0.1, 0.15) is 0 Å². The normalized spacial score (nSPS) is 11.2. The van der Waals surface area contributed by atoms with Crippen molar-refractivity contribution < 1.29 is 0 Å². The fourth-order valence-corrected chi connectivity index (χ4v) is 10.5. The van der Waals surface area contributed by atoms with E-state index in [0.717, 1.165) is 22.3 Å². The molecule has 0 spiro atoms. The van der Waals surface area contributed by atoms with Crippen LogP contribution in [0.2, 0.25) is 0 Å². The highest BCUT2D eigenvalue weighted by Gasteiger charge is 2.29. The molecule has 0 atom stereocenters. The summed E-state index contributed by atoms with van der Waals surface area (Å²) < 4.78 is 0. The zero-order chi connectivity index (χ0) is 45.2. The molecule has 12 aromatic rings. The van der Waals surface area contributed by atoms with Crippen molar-refractivity contribution in [3.63, 3.8) is 0 Å². The molecule has 0 unspecified atom stereocenters. The summed E-state index contributed by atoms with van der Waals surface area (Å²) in [5.41, 5.74) is 21.3. The Morgan fingerprint density at radius 2 is 0.397 bits per heavy atom. The zero-order valence-corrected chi connectivity index (χ0v) is 37.4. The van der Waals surface area contributed by atoms with Crippen molar-refractivity contribution in [3.8, 4) is 100 Å². The number of hydrogen-bond donors (Lipinski definition) is 0. The third-order valence-electron chi connectivity index (χ3n) is 13.3. The molecule has 0 amide bonds. The molecule has 0 N–H and O–H groups in total. The Morgan fingerprint density at radius 3 is 0.721 bits per heavy atom. The minimum absolute atomic E-state index is 1.15. The van der Waals surface area contributed by atoms with Crippen molar-refractivity contribution in [2.45, 2.75) is 0 Å². The fraction of sp³-hybridized carbons (Fsp3) is 0. The van der Waals surface area contributed by atoms with E-state index in [0.29, 0.717) is 0 Å². The van der Waals surface area contributed by atoms with E-state index in [1.165, 1.54) is 99.4 Å². The molecular weight excluding hydrogens is 819 g/mol. The van der Waals surface area contributed by atoms with Crippen LogP contribution in [0.15, 0.2) is 273 Å². The molecule has 68 heavy (non-hydrogen) atoms. The highest BCUT2D eigenvalue weighted by molar-refractivity contribution is 6.22. The Kier molecular flexibility index (Phi) is 10.6. The van der Waals surface area contributed by atoms with Gasteiger partial charge in [-0.25, -0.2) is 0 Å². The third-order valence-corrected chi connectivity index (χ3v) is 13.3. The summed E-state index contributed by atoms with van der Waals surface area (Å²) in [6.07, 6.45) is 3.73. The van der Waals surface area contributed by atoms with Crippen LogP contribution in [0.4, 0.5) is 0 Å². The molecule has 318 valence electrons. The number of nitrogens with zero attached hydrogens (tertiary/aromatic N) is 1. The summed E-state index contributed by atoms with van der Waals surface area (Å²) in [6.45, 7) is 0. The molecule has 0 bridgehead atoms. The molecule has 0 aliphatic heterocycles. The summed E-state index contributed by atoms with van der Waals surface area (Å²) in [5.74, 6) is 0. The molecule has 0 fully saturated rings. The highest BCUT2D eigenvalue weighted by Crippen LogP contribution is 2.56. The predicted molar refractivity (Wildman–Crippen MR) is 288 cm³/mol. The number of benzene rings is 11. The first kappa shape index (κ1) is 40.6. The minimum atomic E-state index is 1.15. The van der Waals surface area contributed by atoms with Crippen LogP contribution in [0.3, 0.4) is 0 Å². The first-order chi connectivity index (χ1) is 33.8. The second-order valence-electron chi connectivity index (χ2n) is 17.3. The molecule has 0 aliphatic rings. The van der Waals surface area contributed by atoms with Crippen molar-refractivity contribution in [1.29, 1.82) is 0 Å². The quantitative estimate of drug-likeness (QED) is 0.132. The first-order valence-electron chi connectivity index (χ1n) is 23.4. The van der Waals surface area contributed by atoms with Crippen LogP contribution in [0, 0.1) is 0 Å². The topological polar surface area (TPSA) is 12.9 Å². The van der Waals surface area contributed by atoms with Gasteiger partial charge in [-0.3, -0.25) is 4.98 Å². The second-order valence-corrected chi connectivity index (χ2v) is 17.3. The molecule has 0 saturated heterocycles. The summed E-state index contributed by atoms with van der Waals surface area (Å²) in [7, 11) is 0. The standard InChI is InChI=1S/C67H45N/c1-6-22-47(23-7-1)62-63(48-24-8-2-9-25-48)65(50-28-12-4-13-29-50)67(66(51-30-14-5-15-31-51)64(62)49-26-10-3-11-27-49)55-35-21-34-54(45-55)61-58-38-18-16-36-56(58)60(57-37-17-19-39-59(57)61)53-33-20-32-52(44-53)46-40-42-68-43-41-46/h1-45H. The number of hydrogen-bond acceptors (Lipinski definition) is 1. The van der Waals surface area contributed by atoms with Gasteiger partial charge in [0.2, 0.25) is 0 Å². The highest BCUT2D eigenvalue weighted by atomic mass is 14.6. The van der Waals surface area contributed by atoms with Gasteiger partial charge in [0, 0.05) is 12.4 Å². The number of aromatic nitrogens is 1. The van der Waals surface area contributed by atoms with Crippen LogP contribution in [0.5, 0.6) is 0 Å². The summed E-state index contributed by atoms with van der Waals surface area (Å²) in [5, 5.41) is 4.87. The lowest BCUT2D eigenvalue weighted by molar-refractivity contribution is 1.33. The van der Waals surface area contributed by atoms with Gasteiger partial charge in [0.05, 0.1) is 0 Å². The summed E-state index contributed by atoms with van der Waals surface area (Å²) >= 11 is 0. The molecule has 1 nitrogen and oxygen atoms in total. The summed E-state index contributed by atoms with van der Waals surface area (Å²) in [4.78, 5) is 4.29. The minimum Gasteiger partial charge on any atom is -0.265 e. The average Bonchev–Trinajstić information content (AvgIpc) is 3.43. The Hall–Kier alpha value is -8.91. The predicted octanol–water partition coefficient (Wildman–Crippen LogP) is 18.4. The van der Waals surface area contributed by atoms with Crippen molar-refractivity contribution in [2.24, 2.45) is 0 Å². The van der Waals surface area contributed by atoms with Crippen LogP contribution in [0.25, 0.3) is 122 Å². The van der Waals surface area contributed by atoms with E-state index in [1.807, 2.05) is 12.4 Å². The van der Waals surface area contributed by atoms with Crippen molar-refractivity contribution in [3.05, 3.63) is 273 Å². The third kappa shape index (κ3) is 7.28. The SMILES string of the molecule is c1ccc(-c2c(-c3ccccc3)c(-c3ccccc3)c(-c3cccc(-c4c5ccccc5c(-c5cccc(-c6ccncc6)c5)c5ccccc45)c3)c(-c3ccccc3)c2-c2ccccc2)cc1. The van der Waals surface area contributed by atoms with Gasteiger partial charge in [-0.15, -0.1) is 0 Å². The molecule has 0 saturated carbocycles. The Morgan fingerprint density at radius 1 is 0.162 bits per heavy atom. The van der Waals surface area contributed by atoms with E-state index in [2.05, 4.69) is 266 Å². The van der Waals surface area contributed by atoms with Crippen LogP contribution >= 0.6 is 0 Å². The second kappa shape index (κ2) is 17.8. The lowest BCUT2D eigenvalue weighted by atomic mass is 9.74. The molecule has 0 radical (unpaired) electrons. The lowest BCUT2D eigenvalue weighted by Gasteiger charge is -2.29. The van der Waals surface area contributed by atoms with Gasteiger partial charge in [-0.1, -0.05) is 237 Å². The van der Waals surface area contributed by atoms with E-state index in [4.69, 9.17) is 0 Å². The van der Waals surface area contributed by atoms with Gasteiger partial charge >= 0.3 is 0 Å². The van der Waals surface area contributed by atoms with Crippen LogP contribution < -0.4 is 0 Å². The number of pyridine rings is 1. The molecule has 0 aliphatic carbocycles. The number of fused-ring (bicyclic) bond motifs is 2. The Bertz CT molecular complexity index is 3570. The molecular formula is C67H45N. The Labute approximate surface area is 398 Å². The molecule has 12 rings (SSSR count). The van der Waals surface area contributed by atoms with Gasteiger partial charge in [-0.2, -0.15) is 0 Å². The van der Waals surface area contributed by atoms with Crippen LogP contribution in [-0.2, 0) is 0 Å². The van der Waals surface area contributed by atoms with E-state index in [9.17, 15) is 0 Å². The van der Waals surface area contributed by atoms with Crippen molar-refractivity contribution >= 4 is 21.5 Å². The summed E-state index contributed by atoms with van der Waals surface area (Å²) in [6, 6.07) is 95.5. The lowest BCUT2D eigenvalue weighted by Crippen LogP contribution is -2.02. The monoisotopic (exact) mass is 863 g/mol. The van der Waals surface area contributed by atoms with Gasteiger partial charge in [0.25, 0.3) is 0 Å².